The van der Waals surface area contributed by atoms with E-state index in [2.05, 4.69) is 21.0 Å². The lowest BCUT2D eigenvalue weighted by molar-refractivity contribution is 0.102. The van der Waals surface area contributed by atoms with Crippen molar-refractivity contribution in [3.05, 3.63) is 45.4 Å². The lowest BCUT2D eigenvalue weighted by atomic mass is 9.98. The first kappa shape index (κ1) is 18.7. The molecule has 0 saturated heterocycles. The van der Waals surface area contributed by atoms with E-state index in [1.165, 1.54) is 0 Å². The molecule has 146 valence electrons. The summed E-state index contributed by atoms with van der Waals surface area (Å²) >= 11 is 6.29. The average molecular weight is 400 g/mol. The third kappa shape index (κ3) is 3.30. The highest BCUT2D eigenvalue weighted by Crippen LogP contribution is 2.38. The van der Waals surface area contributed by atoms with Gasteiger partial charge < -0.3 is 15.4 Å². The summed E-state index contributed by atoms with van der Waals surface area (Å²) in [5, 5.41) is 0.0880. The van der Waals surface area contributed by atoms with E-state index in [-0.39, 0.29) is 16.9 Å². The van der Waals surface area contributed by atoms with Gasteiger partial charge in [0.1, 0.15) is 22.3 Å². The first-order valence-corrected chi connectivity index (χ1v) is 9.59. The van der Waals surface area contributed by atoms with Crippen LogP contribution in [0.25, 0.3) is 0 Å². The van der Waals surface area contributed by atoms with Crippen molar-refractivity contribution in [2.45, 2.75) is 33.2 Å². The Balaban J connectivity index is 1.78. The zero-order valence-electron chi connectivity index (χ0n) is 16.1. The van der Waals surface area contributed by atoms with Crippen molar-refractivity contribution in [3.63, 3.8) is 0 Å². The topological polar surface area (TPSA) is 94.2 Å². The minimum Gasteiger partial charge on any atom is -0.496 e. The molecular formula is C20H22ClN5O2. The summed E-state index contributed by atoms with van der Waals surface area (Å²) in [6.07, 6.45) is 6.08. The monoisotopic (exact) mass is 399 g/mol. The molecule has 0 radical (unpaired) electrons. The van der Waals surface area contributed by atoms with Gasteiger partial charge in [0.25, 0.3) is 0 Å². The number of anilines is 2. The van der Waals surface area contributed by atoms with Gasteiger partial charge in [-0.2, -0.15) is 4.98 Å². The molecule has 0 unspecified atom stereocenters. The van der Waals surface area contributed by atoms with Crippen molar-refractivity contribution >= 4 is 29.2 Å². The second-order valence-electron chi connectivity index (χ2n) is 7.33. The number of aromatic nitrogens is 3. The summed E-state index contributed by atoms with van der Waals surface area (Å²) in [4.78, 5) is 27.9. The molecule has 2 N–H and O–H groups in total. The lowest BCUT2D eigenvalue weighted by Gasteiger charge is -2.31. The minimum absolute atomic E-state index is 0.0438. The number of hydrogen-bond acceptors (Lipinski definition) is 7. The number of allylic oxidation sites excluding steroid dienone is 1. The van der Waals surface area contributed by atoms with Crippen LogP contribution in [0.2, 0.25) is 5.15 Å². The van der Waals surface area contributed by atoms with E-state index in [4.69, 9.17) is 22.1 Å². The molecule has 1 fully saturated rings. The molecule has 2 aromatic rings. The lowest BCUT2D eigenvalue weighted by Crippen LogP contribution is -2.36. The van der Waals surface area contributed by atoms with Crippen LogP contribution in [0.1, 0.15) is 40.0 Å². The number of pyridine rings is 1. The number of aryl methyl sites for hydroxylation is 1. The number of methoxy groups -OCH3 is 1. The van der Waals surface area contributed by atoms with E-state index in [1.54, 1.807) is 13.3 Å². The van der Waals surface area contributed by atoms with E-state index in [9.17, 15) is 4.79 Å². The molecule has 0 aromatic carbocycles. The molecule has 0 bridgehead atoms. The Labute approximate surface area is 168 Å². The quantitative estimate of drug-likeness (QED) is 0.622. The van der Waals surface area contributed by atoms with Crippen molar-refractivity contribution in [3.8, 4) is 5.75 Å². The number of nitrogens with two attached hydrogens (primary N) is 1. The molecule has 8 heteroatoms. The van der Waals surface area contributed by atoms with Gasteiger partial charge in [-0.15, -0.1) is 0 Å². The fourth-order valence-electron chi connectivity index (χ4n) is 3.59. The first-order chi connectivity index (χ1) is 13.4. The molecule has 3 heterocycles. The number of hydrogen-bond donors (Lipinski definition) is 1. The van der Waals surface area contributed by atoms with Crippen molar-refractivity contribution in [2.75, 3.05) is 24.3 Å². The number of ketones is 1. The molecule has 1 aliphatic heterocycles. The molecule has 0 amide bonds. The van der Waals surface area contributed by atoms with Gasteiger partial charge in [0.05, 0.1) is 19.3 Å². The highest BCUT2D eigenvalue weighted by atomic mass is 35.5. The Morgan fingerprint density at radius 1 is 1.36 bits per heavy atom. The summed E-state index contributed by atoms with van der Waals surface area (Å²) in [5.41, 5.74) is 9.63. The second kappa shape index (κ2) is 7.05. The molecule has 4 rings (SSSR count). The van der Waals surface area contributed by atoms with E-state index in [0.29, 0.717) is 30.4 Å². The zero-order chi connectivity index (χ0) is 20.0. The highest BCUT2D eigenvalue weighted by molar-refractivity contribution is 6.35. The number of carbonyl (C=O) groups is 1. The summed E-state index contributed by atoms with van der Waals surface area (Å²) in [6.45, 7) is 4.83. The Kier molecular flexibility index (Phi) is 4.71. The van der Waals surface area contributed by atoms with Gasteiger partial charge >= 0.3 is 0 Å². The molecule has 0 atom stereocenters. The van der Waals surface area contributed by atoms with Gasteiger partial charge in [-0.3, -0.25) is 9.78 Å². The Morgan fingerprint density at radius 3 is 2.79 bits per heavy atom. The molecule has 2 aliphatic rings. The number of halogens is 1. The molecule has 28 heavy (non-hydrogen) atoms. The van der Waals surface area contributed by atoms with Crippen LogP contribution >= 0.6 is 11.6 Å². The van der Waals surface area contributed by atoms with E-state index < -0.39 is 0 Å². The van der Waals surface area contributed by atoms with E-state index in [0.717, 1.165) is 41.0 Å². The summed E-state index contributed by atoms with van der Waals surface area (Å²) < 4.78 is 5.52. The van der Waals surface area contributed by atoms with Crippen LogP contribution in [-0.2, 0) is 6.54 Å². The van der Waals surface area contributed by atoms with Gasteiger partial charge in [-0.1, -0.05) is 17.7 Å². The highest BCUT2D eigenvalue weighted by Gasteiger charge is 2.34. The van der Waals surface area contributed by atoms with Gasteiger partial charge in [-0.25, -0.2) is 4.98 Å². The Morgan fingerprint density at radius 2 is 2.11 bits per heavy atom. The third-order valence-corrected chi connectivity index (χ3v) is 5.47. The SMILES string of the molecule is COc1c(C)cnc(CN2CC(=CC3CC3)C(=O)c3c(Cl)nc(N)nc32)c1C. The van der Waals surface area contributed by atoms with Gasteiger partial charge in [-0.05, 0) is 32.6 Å². The number of nitrogen functional groups attached to an aromatic ring is 1. The second-order valence-corrected chi connectivity index (χ2v) is 7.69. The largest absolute Gasteiger partial charge is 0.496 e. The number of nitrogens with zero attached hydrogens (tertiary/aromatic N) is 4. The van der Waals surface area contributed by atoms with Gasteiger partial charge in [0.15, 0.2) is 5.78 Å². The fraction of sp³-hybridized carbons (Fsp3) is 0.400. The van der Waals surface area contributed by atoms with Crippen molar-refractivity contribution in [1.29, 1.82) is 0 Å². The molecule has 2 aromatic heterocycles. The minimum atomic E-state index is -0.116. The summed E-state index contributed by atoms with van der Waals surface area (Å²) in [6, 6.07) is 0. The molecule has 1 saturated carbocycles. The molecular weight excluding hydrogens is 378 g/mol. The summed E-state index contributed by atoms with van der Waals surface area (Å²) in [7, 11) is 1.65. The molecule has 1 aliphatic carbocycles. The maximum absolute atomic E-state index is 13.0. The number of Topliss-reactive ketones (excluding diaryl/α,β-unsaturated/α-hetero) is 1. The molecule has 0 spiro atoms. The number of fused-ring (bicyclic) bond motifs is 1. The van der Waals surface area contributed by atoms with Crippen molar-refractivity contribution < 1.29 is 9.53 Å². The normalized spacial score (nSPS) is 17.8. The van der Waals surface area contributed by atoms with Crippen LogP contribution in [-0.4, -0.2) is 34.4 Å². The smallest absolute Gasteiger partial charge is 0.223 e. The van der Waals surface area contributed by atoms with E-state index >= 15 is 0 Å². The van der Waals surface area contributed by atoms with Crippen LogP contribution in [0, 0.1) is 19.8 Å². The number of rotatable bonds is 4. The van der Waals surface area contributed by atoms with Crippen LogP contribution in [0.3, 0.4) is 0 Å². The average Bonchev–Trinajstić information content (AvgIpc) is 3.45. The number of ether oxygens (including phenoxy) is 1. The van der Waals surface area contributed by atoms with Gasteiger partial charge in [0, 0.05) is 29.4 Å². The Bertz CT molecular complexity index is 1000. The third-order valence-electron chi connectivity index (χ3n) is 5.19. The molecule has 7 nitrogen and oxygen atoms in total. The predicted molar refractivity (Wildman–Crippen MR) is 108 cm³/mol. The maximum atomic E-state index is 13.0. The number of carbonyl (C=O) groups excluding carboxylic acids is 1. The summed E-state index contributed by atoms with van der Waals surface area (Å²) in [5.74, 6) is 1.66. The van der Waals surface area contributed by atoms with Gasteiger partial charge in [0.2, 0.25) is 5.95 Å². The van der Waals surface area contributed by atoms with Crippen molar-refractivity contribution in [1.82, 2.24) is 15.0 Å². The predicted octanol–water partition coefficient (Wildman–Crippen LogP) is 3.27. The standard InChI is InChI=1S/C20H22ClN5O2/c1-10-7-23-14(11(2)17(10)28-3)9-26-8-13(6-12-4-5-12)16(27)15-18(21)24-20(22)25-19(15)26/h6-7,12H,4-5,8-9H2,1-3H3,(H2,22,24,25). The van der Waals surface area contributed by atoms with Crippen molar-refractivity contribution in [2.24, 2.45) is 5.92 Å². The zero-order valence-corrected chi connectivity index (χ0v) is 16.9. The van der Waals surface area contributed by atoms with Crippen LogP contribution in [0.15, 0.2) is 17.8 Å². The fourth-order valence-corrected chi connectivity index (χ4v) is 3.85. The van der Waals surface area contributed by atoms with Crippen LogP contribution in [0.4, 0.5) is 11.8 Å². The maximum Gasteiger partial charge on any atom is 0.223 e. The first-order valence-electron chi connectivity index (χ1n) is 9.21. The van der Waals surface area contributed by atoms with E-state index in [1.807, 2.05) is 18.7 Å². The Hall–Kier alpha value is -2.67. The van der Waals surface area contributed by atoms with Crippen LogP contribution < -0.4 is 15.4 Å². The van der Waals surface area contributed by atoms with Crippen LogP contribution in [0.5, 0.6) is 5.75 Å².